The van der Waals surface area contributed by atoms with E-state index in [1.54, 1.807) is 39.7 Å². The Morgan fingerprint density at radius 2 is 1.65 bits per heavy atom. The SMILES string of the molecule is COC1=Cc2c(OC)c3nccc4cc(OC)c(OC)c(c2=CC1=O)c43. The van der Waals surface area contributed by atoms with Crippen LogP contribution in [-0.4, -0.2) is 39.2 Å². The first-order chi connectivity index (χ1) is 12.6. The summed E-state index contributed by atoms with van der Waals surface area (Å²) in [5, 5.41) is 3.25. The van der Waals surface area contributed by atoms with Crippen molar-refractivity contribution >= 4 is 39.6 Å². The normalized spacial score (nSPS) is 13.2. The molecule has 0 fully saturated rings. The van der Waals surface area contributed by atoms with Crippen LogP contribution in [0.4, 0.5) is 0 Å². The number of methoxy groups -OCH3 is 4. The number of carbonyl (C=O) groups is 1. The molecule has 132 valence electrons. The molecule has 6 nitrogen and oxygen atoms in total. The van der Waals surface area contributed by atoms with E-state index in [-0.39, 0.29) is 11.5 Å². The quantitative estimate of drug-likeness (QED) is 0.719. The lowest BCUT2D eigenvalue weighted by molar-refractivity contribution is -0.112. The van der Waals surface area contributed by atoms with E-state index in [1.165, 1.54) is 7.11 Å². The van der Waals surface area contributed by atoms with Gasteiger partial charge in [-0.05, 0) is 29.7 Å². The molecular weight excluding hydrogens is 334 g/mol. The van der Waals surface area contributed by atoms with Crippen molar-refractivity contribution in [3.8, 4) is 17.2 Å². The maximum atomic E-state index is 12.4. The zero-order valence-electron chi connectivity index (χ0n) is 14.9. The van der Waals surface area contributed by atoms with E-state index in [0.29, 0.717) is 28.0 Å². The predicted octanol–water partition coefficient (Wildman–Crippen LogP) is 2.48. The Hall–Kier alpha value is -3.28. The molecule has 0 N–H and O–H groups in total. The minimum atomic E-state index is -0.216. The second kappa shape index (κ2) is 5.91. The highest BCUT2D eigenvalue weighted by Gasteiger charge is 2.25. The van der Waals surface area contributed by atoms with Gasteiger partial charge < -0.3 is 18.9 Å². The van der Waals surface area contributed by atoms with Gasteiger partial charge in [-0.15, -0.1) is 0 Å². The Morgan fingerprint density at radius 1 is 0.885 bits per heavy atom. The van der Waals surface area contributed by atoms with Gasteiger partial charge in [-0.3, -0.25) is 9.78 Å². The number of ketones is 1. The minimum absolute atomic E-state index is 0.216. The van der Waals surface area contributed by atoms with Crippen LogP contribution in [0.5, 0.6) is 17.2 Å². The number of nitrogens with zero attached hydrogens (tertiary/aromatic N) is 1. The molecule has 1 aromatic heterocycles. The minimum Gasteiger partial charge on any atom is -0.494 e. The second-order valence-corrected chi connectivity index (χ2v) is 5.83. The molecule has 0 atom stereocenters. The molecule has 0 aliphatic heterocycles. The summed E-state index contributed by atoms with van der Waals surface area (Å²) in [6.07, 6.45) is 4.94. The molecule has 0 bridgehead atoms. The summed E-state index contributed by atoms with van der Waals surface area (Å²) in [7, 11) is 6.22. The van der Waals surface area contributed by atoms with Gasteiger partial charge in [-0.1, -0.05) is 0 Å². The van der Waals surface area contributed by atoms with Crippen LogP contribution in [0.2, 0.25) is 0 Å². The molecule has 0 amide bonds. The molecular formula is C20H17NO5. The molecule has 1 heterocycles. The summed E-state index contributed by atoms with van der Waals surface area (Å²) in [6, 6.07) is 3.78. The molecule has 1 aliphatic carbocycles. The third-order valence-electron chi connectivity index (χ3n) is 4.63. The Balaban J connectivity index is 2.35. The Morgan fingerprint density at radius 3 is 2.31 bits per heavy atom. The zero-order valence-corrected chi connectivity index (χ0v) is 14.9. The van der Waals surface area contributed by atoms with Crippen LogP contribution in [-0.2, 0) is 9.53 Å². The van der Waals surface area contributed by atoms with E-state index in [2.05, 4.69) is 4.98 Å². The number of carbonyl (C=O) groups excluding carboxylic acids is 1. The van der Waals surface area contributed by atoms with Crippen molar-refractivity contribution in [2.75, 3.05) is 28.4 Å². The molecule has 0 saturated carbocycles. The van der Waals surface area contributed by atoms with Gasteiger partial charge in [0.05, 0.1) is 28.4 Å². The van der Waals surface area contributed by atoms with Gasteiger partial charge in [0.1, 0.15) is 5.52 Å². The highest BCUT2D eigenvalue weighted by Crippen LogP contribution is 2.42. The Kier molecular flexibility index (Phi) is 3.68. The average molecular weight is 351 g/mol. The third-order valence-corrected chi connectivity index (χ3v) is 4.63. The first-order valence-electron chi connectivity index (χ1n) is 7.99. The van der Waals surface area contributed by atoms with Gasteiger partial charge in [-0.2, -0.15) is 0 Å². The number of pyridine rings is 1. The zero-order chi connectivity index (χ0) is 18.4. The van der Waals surface area contributed by atoms with Crippen LogP contribution in [0.25, 0.3) is 33.8 Å². The van der Waals surface area contributed by atoms with Crippen LogP contribution >= 0.6 is 0 Å². The largest absolute Gasteiger partial charge is 0.494 e. The van der Waals surface area contributed by atoms with E-state index >= 15 is 0 Å². The summed E-state index contributed by atoms with van der Waals surface area (Å²) < 4.78 is 22.0. The fourth-order valence-electron chi connectivity index (χ4n) is 3.54. The standard InChI is InChI=1S/C20H17NO5/c1-23-14-9-12-11(8-13(14)22)17-16-10(7-15(24-2)20(17)26-4)5-6-21-18(16)19(12)25-3/h5-9H,1-4H3. The van der Waals surface area contributed by atoms with E-state index < -0.39 is 0 Å². The average Bonchev–Trinajstić information content (AvgIpc) is 2.67. The smallest absolute Gasteiger partial charge is 0.221 e. The van der Waals surface area contributed by atoms with Crippen LogP contribution in [0.1, 0.15) is 5.56 Å². The number of fused-ring (bicyclic) bond motifs is 2. The number of aromatic nitrogens is 1. The van der Waals surface area contributed by atoms with Gasteiger partial charge >= 0.3 is 0 Å². The molecule has 0 spiro atoms. The maximum absolute atomic E-state index is 12.4. The van der Waals surface area contributed by atoms with Crippen molar-refractivity contribution in [2.24, 2.45) is 0 Å². The van der Waals surface area contributed by atoms with E-state index in [1.807, 2.05) is 12.1 Å². The first kappa shape index (κ1) is 16.2. The molecule has 0 unspecified atom stereocenters. The summed E-state index contributed by atoms with van der Waals surface area (Å²) in [4.78, 5) is 17.0. The lowest BCUT2D eigenvalue weighted by Gasteiger charge is -2.20. The van der Waals surface area contributed by atoms with Crippen molar-refractivity contribution in [3.63, 3.8) is 0 Å². The van der Waals surface area contributed by atoms with Crippen molar-refractivity contribution in [1.82, 2.24) is 4.98 Å². The fraction of sp³-hybridized carbons (Fsp3) is 0.200. The lowest BCUT2D eigenvalue weighted by Crippen LogP contribution is -2.20. The van der Waals surface area contributed by atoms with Crippen LogP contribution in [0.3, 0.4) is 0 Å². The van der Waals surface area contributed by atoms with Crippen molar-refractivity contribution in [1.29, 1.82) is 0 Å². The maximum Gasteiger partial charge on any atom is 0.221 e. The molecule has 0 saturated heterocycles. The van der Waals surface area contributed by atoms with E-state index in [4.69, 9.17) is 18.9 Å². The highest BCUT2D eigenvalue weighted by molar-refractivity contribution is 6.24. The van der Waals surface area contributed by atoms with Gasteiger partial charge in [-0.25, -0.2) is 0 Å². The molecule has 3 aromatic rings. The molecule has 0 radical (unpaired) electrons. The molecule has 1 aliphatic rings. The monoisotopic (exact) mass is 351 g/mol. The van der Waals surface area contributed by atoms with Gasteiger partial charge in [0.25, 0.3) is 0 Å². The van der Waals surface area contributed by atoms with E-state index in [9.17, 15) is 4.79 Å². The number of benzene rings is 2. The fourth-order valence-corrected chi connectivity index (χ4v) is 3.54. The first-order valence-corrected chi connectivity index (χ1v) is 7.99. The van der Waals surface area contributed by atoms with Gasteiger partial charge in [0.15, 0.2) is 23.0 Å². The highest BCUT2D eigenvalue weighted by atomic mass is 16.5. The van der Waals surface area contributed by atoms with Crippen LogP contribution in [0, 0.1) is 0 Å². The van der Waals surface area contributed by atoms with E-state index in [0.717, 1.165) is 21.7 Å². The predicted molar refractivity (Wildman–Crippen MR) is 98.6 cm³/mol. The van der Waals surface area contributed by atoms with Crippen molar-refractivity contribution in [3.05, 3.63) is 34.9 Å². The number of allylic oxidation sites excluding steroid dienone is 1. The van der Waals surface area contributed by atoms with Crippen LogP contribution in [0.15, 0.2) is 24.1 Å². The Labute approximate surface area is 149 Å². The molecule has 6 heteroatoms. The summed E-state index contributed by atoms with van der Waals surface area (Å²) in [5.74, 6) is 1.75. The van der Waals surface area contributed by atoms with Crippen LogP contribution < -0.4 is 19.4 Å². The molecule has 4 rings (SSSR count). The summed E-state index contributed by atoms with van der Waals surface area (Å²) >= 11 is 0. The Bertz CT molecular complexity index is 1150. The summed E-state index contributed by atoms with van der Waals surface area (Å²) in [6.45, 7) is 0. The second-order valence-electron chi connectivity index (χ2n) is 5.83. The van der Waals surface area contributed by atoms with Crippen molar-refractivity contribution < 1.29 is 23.7 Å². The molecule has 26 heavy (non-hydrogen) atoms. The van der Waals surface area contributed by atoms with Gasteiger partial charge in [0.2, 0.25) is 5.78 Å². The van der Waals surface area contributed by atoms with Crippen molar-refractivity contribution in [2.45, 2.75) is 0 Å². The number of rotatable bonds is 4. The topological polar surface area (TPSA) is 66.9 Å². The number of hydrogen-bond acceptors (Lipinski definition) is 6. The third kappa shape index (κ3) is 2.05. The lowest BCUT2D eigenvalue weighted by atomic mass is 9.93. The number of ether oxygens (including phenoxy) is 4. The summed E-state index contributed by atoms with van der Waals surface area (Å²) in [5.41, 5.74) is 1.41. The number of hydrogen-bond donors (Lipinski definition) is 0. The van der Waals surface area contributed by atoms with Gasteiger partial charge in [0, 0.05) is 27.8 Å². The number of Topliss-reactive ketones (excluding diaryl/α,β-unsaturated/α-hetero) is 1. The molecule has 2 aromatic carbocycles.